The van der Waals surface area contributed by atoms with Crippen LogP contribution in [0.2, 0.25) is 0 Å². The summed E-state index contributed by atoms with van der Waals surface area (Å²) in [6, 6.07) is 6.44. The number of carbonyl (C=O) groups excluding carboxylic acids is 2. The smallest absolute Gasteiger partial charge is 0.348 e. The molecule has 0 spiro atoms. The van der Waals surface area contributed by atoms with E-state index in [9.17, 15) is 24.5 Å². The van der Waals surface area contributed by atoms with Crippen LogP contribution in [0, 0.1) is 17.0 Å². The maximum Gasteiger partial charge on any atom is 0.348 e. The molecule has 3 N–H and O–H groups in total. The predicted octanol–water partition coefficient (Wildman–Crippen LogP) is 3.98. The molecule has 0 radical (unpaired) electrons. The number of benzene rings is 1. The molecule has 0 aliphatic heterocycles. The number of anilines is 2. The molecule has 2 amide bonds. The maximum atomic E-state index is 12.6. The summed E-state index contributed by atoms with van der Waals surface area (Å²) in [5, 5.41) is 24.7. The number of thiazole rings is 1. The van der Waals surface area contributed by atoms with Crippen molar-refractivity contribution in [3.63, 3.8) is 0 Å². The number of nitro groups is 1. The van der Waals surface area contributed by atoms with Crippen molar-refractivity contribution in [1.29, 1.82) is 0 Å². The average Bonchev–Trinajstić information content (AvgIpc) is 3.05. The molecule has 160 valence electrons. The molecule has 0 unspecified atom stereocenters. The fourth-order valence-corrected chi connectivity index (χ4v) is 3.47. The fraction of sp³-hybridized carbons (Fsp3) is 0.368. The van der Waals surface area contributed by atoms with Gasteiger partial charge < -0.3 is 10.4 Å². The molecule has 0 saturated heterocycles. The number of amides is 2. The Balaban J connectivity index is 1.92. The zero-order valence-corrected chi connectivity index (χ0v) is 17.2. The zero-order valence-electron chi connectivity index (χ0n) is 16.3. The Hall–Kier alpha value is -3.34. The van der Waals surface area contributed by atoms with Gasteiger partial charge >= 0.3 is 11.0 Å². The lowest BCUT2D eigenvalue weighted by Crippen LogP contribution is -2.18. The van der Waals surface area contributed by atoms with Crippen molar-refractivity contribution in [2.75, 3.05) is 10.6 Å². The van der Waals surface area contributed by atoms with Gasteiger partial charge in [-0.05, 0) is 43.2 Å². The molecule has 2 aromatic rings. The van der Waals surface area contributed by atoms with Gasteiger partial charge in [0.15, 0.2) is 5.13 Å². The van der Waals surface area contributed by atoms with E-state index in [-0.39, 0.29) is 40.1 Å². The summed E-state index contributed by atoms with van der Waals surface area (Å²) < 4.78 is 0. The van der Waals surface area contributed by atoms with Crippen molar-refractivity contribution in [1.82, 2.24) is 4.98 Å². The van der Waals surface area contributed by atoms with Crippen LogP contribution >= 0.6 is 11.3 Å². The van der Waals surface area contributed by atoms with Gasteiger partial charge in [0, 0.05) is 12.8 Å². The monoisotopic (exact) mass is 434 g/mol. The second kappa shape index (κ2) is 11.0. The molecule has 0 atom stereocenters. The number of aliphatic carboxylic acids is 1. The number of unbranched alkanes of at least 4 members (excludes halogenated alkanes) is 3. The topological polar surface area (TPSA) is 152 Å². The molecule has 0 aliphatic rings. The number of nitrogens with one attached hydrogen (secondary N) is 2. The van der Waals surface area contributed by atoms with E-state index >= 15 is 0 Å². The highest BCUT2D eigenvalue weighted by atomic mass is 32.1. The normalized spacial score (nSPS) is 10.4. The number of carboxylic acids is 1. The lowest BCUT2D eigenvalue weighted by molar-refractivity contribution is -0.380. The van der Waals surface area contributed by atoms with Crippen LogP contribution in [0.25, 0.3) is 0 Å². The highest BCUT2D eigenvalue weighted by molar-refractivity contribution is 7.19. The van der Waals surface area contributed by atoms with Gasteiger partial charge in [-0.2, -0.15) is 0 Å². The number of aryl methyl sites for hydroxylation is 1. The van der Waals surface area contributed by atoms with Gasteiger partial charge in [0.05, 0.1) is 16.2 Å². The van der Waals surface area contributed by atoms with Gasteiger partial charge in [-0.1, -0.05) is 25.0 Å². The van der Waals surface area contributed by atoms with E-state index in [1.165, 1.54) is 13.0 Å². The fourth-order valence-electron chi connectivity index (χ4n) is 2.69. The minimum absolute atomic E-state index is 0.103. The van der Waals surface area contributed by atoms with Crippen molar-refractivity contribution in [3.05, 3.63) is 45.6 Å². The lowest BCUT2D eigenvalue weighted by atomic mass is 10.1. The maximum absolute atomic E-state index is 12.6. The molecule has 0 fully saturated rings. The first kappa shape index (κ1) is 22.9. The minimum atomic E-state index is -0.829. The lowest BCUT2D eigenvalue weighted by Gasteiger charge is -2.10. The van der Waals surface area contributed by atoms with E-state index in [4.69, 9.17) is 5.11 Å². The number of carboxylic acid groups (broad SMARTS) is 1. The van der Waals surface area contributed by atoms with Crippen molar-refractivity contribution >= 4 is 44.9 Å². The van der Waals surface area contributed by atoms with Gasteiger partial charge in [0.1, 0.15) is 5.69 Å². The summed E-state index contributed by atoms with van der Waals surface area (Å²) >= 11 is 0.763. The van der Waals surface area contributed by atoms with Gasteiger partial charge in [-0.15, -0.1) is 0 Å². The summed E-state index contributed by atoms with van der Waals surface area (Å²) in [4.78, 5) is 49.6. The number of hydrogen-bond acceptors (Lipinski definition) is 7. The molecular formula is C19H22N4O6S. The average molecular weight is 434 g/mol. The van der Waals surface area contributed by atoms with Crippen LogP contribution in [0.5, 0.6) is 0 Å². The molecule has 1 aromatic heterocycles. The van der Waals surface area contributed by atoms with Gasteiger partial charge in [-0.25, -0.2) is 4.98 Å². The van der Waals surface area contributed by atoms with E-state index in [2.05, 4.69) is 15.6 Å². The Morgan fingerprint density at radius 1 is 1.10 bits per heavy atom. The number of nitrogens with zero attached hydrogens (tertiary/aromatic N) is 2. The Labute approximate surface area is 176 Å². The van der Waals surface area contributed by atoms with Gasteiger partial charge in [0.2, 0.25) is 5.91 Å². The Morgan fingerprint density at radius 3 is 2.40 bits per heavy atom. The summed E-state index contributed by atoms with van der Waals surface area (Å²) in [6.45, 7) is 1.49. The third-order valence-corrected chi connectivity index (χ3v) is 5.17. The number of rotatable bonds is 11. The van der Waals surface area contributed by atoms with Crippen LogP contribution in [0.3, 0.4) is 0 Å². The number of hydrogen-bond donors (Lipinski definition) is 3. The predicted molar refractivity (Wildman–Crippen MR) is 112 cm³/mol. The Bertz CT molecular complexity index is 943. The highest BCUT2D eigenvalue weighted by Crippen LogP contribution is 2.30. The zero-order chi connectivity index (χ0) is 22.1. The van der Waals surface area contributed by atoms with E-state index in [0.29, 0.717) is 18.5 Å². The number of para-hydroxylation sites is 1. The standard InChI is InChI=1S/C19H22N4O6S/c1-12-18(23(28)29)30-19(20-12)22-17(27)13-8-6-7-9-14(13)21-15(24)10-4-2-3-5-11-16(25)26/h6-9H,2-5,10-11H2,1H3,(H,21,24)(H,25,26)(H,20,22,27). The van der Waals surface area contributed by atoms with Crippen LogP contribution in [0.4, 0.5) is 15.8 Å². The second-order valence-electron chi connectivity index (χ2n) is 6.52. The van der Waals surface area contributed by atoms with Crippen molar-refractivity contribution < 1.29 is 24.4 Å². The Kier molecular flexibility index (Phi) is 8.41. The molecule has 1 aromatic carbocycles. The molecule has 11 heteroatoms. The van der Waals surface area contributed by atoms with Crippen LogP contribution < -0.4 is 10.6 Å². The van der Waals surface area contributed by atoms with Crippen molar-refractivity contribution in [3.8, 4) is 0 Å². The summed E-state index contributed by atoms with van der Waals surface area (Å²) in [5.74, 6) is -1.62. The number of aromatic nitrogens is 1. The SMILES string of the molecule is Cc1nc(NC(=O)c2ccccc2NC(=O)CCCCCCC(=O)O)sc1[N+](=O)[O-]. The first-order chi connectivity index (χ1) is 14.3. The summed E-state index contributed by atoms with van der Waals surface area (Å²) in [6.07, 6.45) is 3.04. The van der Waals surface area contributed by atoms with Gasteiger partial charge in [0.25, 0.3) is 5.91 Å². The molecule has 30 heavy (non-hydrogen) atoms. The molecule has 10 nitrogen and oxygen atoms in total. The van der Waals surface area contributed by atoms with Crippen molar-refractivity contribution in [2.24, 2.45) is 0 Å². The molecular weight excluding hydrogens is 412 g/mol. The minimum Gasteiger partial charge on any atom is -0.481 e. The van der Waals surface area contributed by atoms with Gasteiger partial charge in [-0.3, -0.25) is 29.8 Å². The molecule has 0 saturated carbocycles. The van der Waals surface area contributed by atoms with Crippen LogP contribution in [-0.2, 0) is 9.59 Å². The van der Waals surface area contributed by atoms with Crippen LogP contribution in [0.1, 0.15) is 54.6 Å². The van der Waals surface area contributed by atoms with E-state index in [1.54, 1.807) is 18.2 Å². The molecule has 1 heterocycles. The van der Waals surface area contributed by atoms with E-state index in [1.807, 2.05) is 0 Å². The first-order valence-corrected chi connectivity index (χ1v) is 10.1. The third-order valence-electron chi connectivity index (χ3n) is 4.15. The Morgan fingerprint density at radius 2 is 1.77 bits per heavy atom. The first-order valence-electron chi connectivity index (χ1n) is 9.31. The molecule has 0 aliphatic carbocycles. The largest absolute Gasteiger partial charge is 0.481 e. The van der Waals surface area contributed by atoms with E-state index in [0.717, 1.165) is 24.2 Å². The molecule has 2 rings (SSSR count). The van der Waals surface area contributed by atoms with Crippen LogP contribution in [0.15, 0.2) is 24.3 Å². The molecule has 0 bridgehead atoms. The quantitative estimate of drug-likeness (QED) is 0.275. The summed E-state index contributed by atoms with van der Waals surface area (Å²) in [5.41, 5.74) is 0.752. The highest BCUT2D eigenvalue weighted by Gasteiger charge is 2.20. The second-order valence-corrected chi connectivity index (χ2v) is 7.50. The summed E-state index contributed by atoms with van der Waals surface area (Å²) in [7, 11) is 0. The van der Waals surface area contributed by atoms with Crippen LogP contribution in [-0.4, -0.2) is 32.8 Å². The van der Waals surface area contributed by atoms with E-state index < -0.39 is 16.8 Å². The number of carbonyl (C=O) groups is 3. The third kappa shape index (κ3) is 6.92. The van der Waals surface area contributed by atoms with Crippen molar-refractivity contribution in [2.45, 2.75) is 45.4 Å².